The minimum absolute atomic E-state index is 0.387. The molecule has 0 aliphatic rings. The zero-order valence-corrected chi connectivity index (χ0v) is 14.0. The number of rotatable bonds is 7. The van der Waals surface area contributed by atoms with E-state index in [0.717, 1.165) is 13.0 Å². The van der Waals surface area contributed by atoms with Crippen molar-refractivity contribution in [3.63, 3.8) is 0 Å². The maximum absolute atomic E-state index is 3.70. The second-order valence-electron chi connectivity index (χ2n) is 5.48. The Morgan fingerprint density at radius 3 is 2.29 bits per heavy atom. The maximum atomic E-state index is 3.70. The van der Waals surface area contributed by atoms with Crippen molar-refractivity contribution in [2.75, 3.05) is 6.54 Å². The maximum Gasteiger partial charge on any atom is 0.0441 e. The molecule has 2 rings (SSSR count). The van der Waals surface area contributed by atoms with Crippen molar-refractivity contribution >= 4 is 11.8 Å². The van der Waals surface area contributed by atoms with Crippen LogP contribution in [-0.2, 0) is 0 Å². The van der Waals surface area contributed by atoms with Crippen LogP contribution in [0.25, 0.3) is 0 Å². The predicted octanol–water partition coefficient (Wildman–Crippen LogP) is 5.22. The third-order valence-corrected chi connectivity index (χ3v) is 4.77. The molecule has 0 spiro atoms. The lowest BCUT2D eigenvalue weighted by Gasteiger charge is -2.25. The predicted molar refractivity (Wildman–Crippen MR) is 94.0 cm³/mol. The van der Waals surface area contributed by atoms with Crippen LogP contribution in [0.3, 0.4) is 0 Å². The Balaban J connectivity index is 2.10. The van der Waals surface area contributed by atoms with Gasteiger partial charge in [-0.05, 0) is 37.6 Å². The molecule has 112 valence electrons. The van der Waals surface area contributed by atoms with E-state index in [4.69, 9.17) is 0 Å². The number of benzene rings is 2. The molecule has 2 atom stereocenters. The van der Waals surface area contributed by atoms with Crippen LogP contribution in [0.15, 0.2) is 59.5 Å². The van der Waals surface area contributed by atoms with E-state index in [1.54, 1.807) is 0 Å². The van der Waals surface area contributed by atoms with Gasteiger partial charge in [-0.2, -0.15) is 0 Å². The van der Waals surface area contributed by atoms with Gasteiger partial charge in [0, 0.05) is 16.2 Å². The first-order valence-corrected chi connectivity index (χ1v) is 8.60. The molecular weight excluding hydrogens is 274 g/mol. The molecular formula is C19H25NS. The Morgan fingerprint density at radius 1 is 1.00 bits per heavy atom. The van der Waals surface area contributed by atoms with Crippen LogP contribution in [0.4, 0.5) is 0 Å². The highest BCUT2D eigenvalue weighted by atomic mass is 32.2. The van der Waals surface area contributed by atoms with Gasteiger partial charge in [-0.25, -0.2) is 0 Å². The lowest BCUT2D eigenvalue weighted by atomic mass is 10.0. The van der Waals surface area contributed by atoms with Gasteiger partial charge in [-0.15, -0.1) is 11.8 Å². The zero-order valence-electron chi connectivity index (χ0n) is 13.2. The number of hydrogen-bond donors (Lipinski definition) is 1. The monoisotopic (exact) mass is 299 g/mol. The number of hydrogen-bond acceptors (Lipinski definition) is 2. The van der Waals surface area contributed by atoms with E-state index >= 15 is 0 Å². The van der Waals surface area contributed by atoms with Gasteiger partial charge in [0.25, 0.3) is 0 Å². The molecule has 2 aromatic carbocycles. The average Bonchev–Trinajstić information content (AvgIpc) is 2.51. The summed E-state index contributed by atoms with van der Waals surface area (Å²) in [5, 5.41) is 4.18. The van der Waals surface area contributed by atoms with Gasteiger partial charge >= 0.3 is 0 Å². The molecule has 0 radical (unpaired) electrons. The SMILES string of the molecule is CCCNC(c1ccccc1)C(C)Sc1ccc(C)cc1. The van der Waals surface area contributed by atoms with Gasteiger partial charge in [0.05, 0.1) is 0 Å². The van der Waals surface area contributed by atoms with Gasteiger partial charge < -0.3 is 5.32 Å². The fraction of sp³-hybridized carbons (Fsp3) is 0.368. The van der Waals surface area contributed by atoms with E-state index in [9.17, 15) is 0 Å². The van der Waals surface area contributed by atoms with Crippen LogP contribution in [0.2, 0.25) is 0 Å². The van der Waals surface area contributed by atoms with Crippen molar-refractivity contribution in [1.29, 1.82) is 0 Å². The highest BCUT2D eigenvalue weighted by Crippen LogP contribution is 2.32. The minimum atomic E-state index is 0.387. The lowest BCUT2D eigenvalue weighted by Crippen LogP contribution is -2.29. The third-order valence-electron chi connectivity index (χ3n) is 3.59. The molecule has 0 heterocycles. The first kappa shape index (κ1) is 16.1. The number of aryl methyl sites for hydroxylation is 1. The van der Waals surface area contributed by atoms with E-state index in [1.807, 2.05) is 11.8 Å². The fourth-order valence-corrected chi connectivity index (χ4v) is 3.53. The molecule has 0 aliphatic heterocycles. The summed E-state index contributed by atoms with van der Waals surface area (Å²) in [5.74, 6) is 0. The quantitative estimate of drug-likeness (QED) is 0.704. The minimum Gasteiger partial charge on any atom is -0.309 e. The zero-order chi connectivity index (χ0) is 15.1. The van der Waals surface area contributed by atoms with Crippen molar-refractivity contribution in [3.05, 3.63) is 65.7 Å². The molecule has 0 amide bonds. The molecule has 0 fully saturated rings. The second-order valence-corrected chi connectivity index (χ2v) is 6.93. The van der Waals surface area contributed by atoms with Gasteiger partial charge in [0.15, 0.2) is 0 Å². The second kappa shape index (κ2) is 8.26. The van der Waals surface area contributed by atoms with Gasteiger partial charge in [-0.1, -0.05) is 61.9 Å². The first-order chi connectivity index (χ1) is 10.2. The normalized spacial score (nSPS) is 13.9. The standard InChI is InChI=1S/C19H25NS/c1-4-14-20-19(17-8-6-5-7-9-17)16(3)21-18-12-10-15(2)11-13-18/h5-13,16,19-20H,4,14H2,1-3H3. The molecule has 0 aromatic heterocycles. The van der Waals surface area contributed by atoms with Crippen LogP contribution in [-0.4, -0.2) is 11.8 Å². The number of thioether (sulfide) groups is 1. The Bertz CT molecular complexity index is 521. The molecule has 0 bridgehead atoms. The van der Waals surface area contributed by atoms with Crippen molar-refractivity contribution in [2.24, 2.45) is 0 Å². The highest BCUT2D eigenvalue weighted by molar-refractivity contribution is 8.00. The van der Waals surface area contributed by atoms with Crippen LogP contribution in [0, 0.1) is 6.92 Å². The molecule has 0 saturated carbocycles. The van der Waals surface area contributed by atoms with Crippen LogP contribution < -0.4 is 5.32 Å². The Hall–Kier alpha value is -1.25. The molecule has 0 aliphatic carbocycles. The van der Waals surface area contributed by atoms with Crippen molar-refractivity contribution in [1.82, 2.24) is 5.32 Å². The van der Waals surface area contributed by atoms with Gasteiger partial charge in [0.2, 0.25) is 0 Å². The van der Waals surface area contributed by atoms with Gasteiger partial charge in [-0.3, -0.25) is 0 Å². The van der Waals surface area contributed by atoms with E-state index in [0.29, 0.717) is 11.3 Å². The Kier molecular flexibility index (Phi) is 6.34. The summed E-state index contributed by atoms with van der Waals surface area (Å²) in [5.41, 5.74) is 2.69. The molecule has 0 saturated heterocycles. The highest BCUT2D eigenvalue weighted by Gasteiger charge is 2.19. The van der Waals surface area contributed by atoms with E-state index in [1.165, 1.54) is 16.0 Å². The molecule has 2 heteroatoms. The van der Waals surface area contributed by atoms with Crippen LogP contribution in [0.1, 0.15) is 37.4 Å². The largest absolute Gasteiger partial charge is 0.309 e. The van der Waals surface area contributed by atoms with Gasteiger partial charge in [0.1, 0.15) is 0 Å². The first-order valence-electron chi connectivity index (χ1n) is 7.72. The lowest BCUT2D eigenvalue weighted by molar-refractivity contribution is 0.528. The topological polar surface area (TPSA) is 12.0 Å². The van der Waals surface area contributed by atoms with Crippen LogP contribution >= 0.6 is 11.8 Å². The summed E-state index contributed by atoms with van der Waals surface area (Å²) < 4.78 is 0. The smallest absolute Gasteiger partial charge is 0.0441 e. The van der Waals surface area contributed by atoms with E-state index in [-0.39, 0.29) is 0 Å². The summed E-state index contributed by atoms with van der Waals surface area (Å²) in [6.45, 7) is 7.71. The van der Waals surface area contributed by atoms with Crippen molar-refractivity contribution < 1.29 is 0 Å². The molecule has 1 N–H and O–H groups in total. The summed E-state index contributed by atoms with van der Waals surface area (Å²) in [6.07, 6.45) is 1.16. The molecule has 21 heavy (non-hydrogen) atoms. The van der Waals surface area contributed by atoms with Crippen molar-refractivity contribution in [3.8, 4) is 0 Å². The Morgan fingerprint density at radius 2 is 1.67 bits per heavy atom. The molecule has 2 unspecified atom stereocenters. The van der Waals surface area contributed by atoms with E-state index in [2.05, 4.69) is 80.7 Å². The summed E-state index contributed by atoms with van der Waals surface area (Å²) in [4.78, 5) is 1.34. The Labute approximate surface area is 133 Å². The fourth-order valence-electron chi connectivity index (χ4n) is 2.41. The average molecular weight is 299 g/mol. The molecule has 1 nitrogen and oxygen atoms in total. The summed E-state index contributed by atoms with van der Waals surface area (Å²) in [6, 6.07) is 20.0. The third kappa shape index (κ3) is 4.90. The number of nitrogens with one attached hydrogen (secondary N) is 1. The summed E-state index contributed by atoms with van der Waals surface area (Å²) in [7, 11) is 0. The van der Waals surface area contributed by atoms with Crippen LogP contribution in [0.5, 0.6) is 0 Å². The van der Waals surface area contributed by atoms with Crippen molar-refractivity contribution in [2.45, 2.75) is 43.4 Å². The molecule has 2 aromatic rings. The summed E-state index contributed by atoms with van der Waals surface area (Å²) >= 11 is 1.94. The van der Waals surface area contributed by atoms with E-state index < -0.39 is 0 Å².